The number of hydrogen-bond acceptors (Lipinski definition) is 2. The molecule has 0 aliphatic carbocycles. The van der Waals surface area contributed by atoms with Crippen LogP contribution in [0.3, 0.4) is 0 Å². The number of nitrogens with zero attached hydrogens (tertiary/aromatic N) is 2. The molecule has 0 fully saturated rings. The normalized spacial score (nSPS) is 11.2. The van der Waals surface area contributed by atoms with Gasteiger partial charge in [-0.3, -0.25) is 0 Å². The van der Waals surface area contributed by atoms with E-state index in [1.165, 1.54) is 6.07 Å². The highest BCUT2D eigenvalue weighted by Crippen LogP contribution is 2.22. The first-order valence-corrected chi connectivity index (χ1v) is 6.57. The smallest absolute Gasteiger partial charge is 0.387 e. The van der Waals surface area contributed by atoms with Gasteiger partial charge in [-0.1, -0.05) is 17.7 Å². The summed E-state index contributed by atoms with van der Waals surface area (Å²) < 4.78 is 29.2. The van der Waals surface area contributed by atoms with E-state index in [-0.39, 0.29) is 36.3 Å². The number of hydrogen-bond donors (Lipinski definition) is 1. The van der Waals surface area contributed by atoms with E-state index in [4.69, 9.17) is 5.73 Å². The summed E-state index contributed by atoms with van der Waals surface area (Å²) in [7, 11) is 0. The molecule has 0 aliphatic rings. The first-order valence-electron chi connectivity index (χ1n) is 6.57. The lowest BCUT2D eigenvalue weighted by atomic mass is 10.1. The summed E-state index contributed by atoms with van der Waals surface area (Å²) in [5.74, 6) is 0.543. The van der Waals surface area contributed by atoms with E-state index in [1.807, 2.05) is 25.7 Å². The van der Waals surface area contributed by atoms with Gasteiger partial charge in [0.25, 0.3) is 0 Å². The van der Waals surface area contributed by atoms with E-state index in [0.717, 1.165) is 18.7 Å². The fraction of sp³-hybridized carbons (Fsp3) is 0.500. The molecule has 1 aromatic carbocycles. The van der Waals surface area contributed by atoms with Crippen LogP contribution < -0.4 is 10.5 Å². The number of aryl methyl sites for hydroxylation is 1. The van der Waals surface area contributed by atoms with Gasteiger partial charge >= 0.3 is 6.61 Å². The standard InChI is InChI=1S/C14H21F2N3O.HI/c1-4-19(5-2)14(17)18-9-11-8-10(3)6-7-12(11)20-13(15)16;/h6-8,13H,4-5,9H2,1-3H3,(H2,17,18);1H. The maximum atomic E-state index is 12.3. The Hall–Kier alpha value is -1.12. The summed E-state index contributed by atoms with van der Waals surface area (Å²) in [6.07, 6.45) is 0. The Balaban J connectivity index is 0.00000400. The van der Waals surface area contributed by atoms with E-state index in [0.29, 0.717) is 11.5 Å². The van der Waals surface area contributed by atoms with Crippen LogP contribution in [-0.2, 0) is 6.54 Å². The molecule has 0 atom stereocenters. The van der Waals surface area contributed by atoms with Gasteiger partial charge in [-0.25, -0.2) is 4.99 Å². The Labute approximate surface area is 141 Å². The van der Waals surface area contributed by atoms with Gasteiger partial charge < -0.3 is 15.4 Å². The van der Waals surface area contributed by atoms with Crippen molar-refractivity contribution in [1.82, 2.24) is 4.90 Å². The molecular weight excluding hydrogens is 391 g/mol. The van der Waals surface area contributed by atoms with Crippen molar-refractivity contribution in [2.24, 2.45) is 10.7 Å². The van der Waals surface area contributed by atoms with Crippen molar-refractivity contribution in [3.63, 3.8) is 0 Å². The van der Waals surface area contributed by atoms with Crippen molar-refractivity contribution < 1.29 is 13.5 Å². The van der Waals surface area contributed by atoms with E-state index in [1.54, 1.807) is 12.1 Å². The average molecular weight is 413 g/mol. The summed E-state index contributed by atoms with van der Waals surface area (Å²) in [5, 5.41) is 0. The van der Waals surface area contributed by atoms with Gasteiger partial charge in [0.15, 0.2) is 5.96 Å². The second kappa shape index (κ2) is 9.75. The van der Waals surface area contributed by atoms with E-state index < -0.39 is 6.61 Å². The Kier molecular flexibility index (Phi) is 9.23. The molecule has 1 rings (SSSR count). The average Bonchev–Trinajstić information content (AvgIpc) is 2.40. The summed E-state index contributed by atoms with van der Waals surface area (Å²) >= 11 is 0. The zero-order valence-corrected chi connectivity index (χ0v) is 14.8. The van der Waals surface area contributed by atoms with Crippen LogP contribution in [0.5, 0.6) is 5.75 Å². The summed E-state index contributed by atoms with van der Waals surface area (Å²) in [6.45, 7) is 4.70. The van der Waals surface area contributed by atoms with E-state index in [9.17, 15) is 8.78 Å². The van der Waals surface area contributed by atoms with Crippen LogP contribution in [0.1, 0.15) is 25.0 Å². The number of alkyl halides is 2. The molecule has 1 aromatic rings. The second-order valence-corrected chi connectivity index (χ2v) is 4.34. The first kappa shape index (κ1) is 19.9. The minimum absolute atomic E-state index is 0. The van der Waals surface area contributed by atoms with Gasteiger partial charge in [0.05, 0.1) is 6.54 Å². The lowest BCUT2D eigenvalue weighted by Crippen LogP contribution is -2.37. The third-order valence-electron chi connectivity index (χ3n) is 2.93. The minimum atomic E-state index is -2.85. The zero-order chi connectivity index (χ0) is 15.1. The highest BCUT2D eigenvalue weighted by Gasteiger charge is 2.10. The van der Waals surface area contributed by atoms with Crippen LogP contribution in [0.4, 0.5) is 8.78 Å². The molecule has 7 heteroatoms. The SMILES string of the molecule is CCN(CC)C(N)=NCc1cc(C)ccc1OC(F)F.I. The van der Waals surface area contributed by atoms with E-state index in [2.05, 4.69) is 9.73 Å². The minimum Gasteiger partial charge on any atom is -0.434 e. The monoisotopic (exact) mass is 413 g/mol. The van der Waals surface area contributed by atoms with E-state index >= 15 is 0 Å². The number of rotatable bonds is 6. The molecule has 120 valence electrons. The topological polar surface area (TPSA) is 50.8 Å². The van der Waals surface area contributed by atoms with Crippen LogP contribution in [-0.4, -0.2) is 30.6 Å². The Bertz CT molecular complexity index is 466. The number of ether oxygens (including phenoxy) is 1. The fourth-order valence-electron chi connectivity index (χ4n) is 1.86. The molecule has 0 bridgehead atoms. The predicted octanol–water partition coefficient (Wildman–Crippen LogP) is 3.37. The van der Waals surface area contributed by atoms with Crippen molar-refractivity contribution in [1.29, 1.82) is 0 Å². The van der Waals surface area contributed by atoms with Crippen molar-refractivity contribution in [2.75, 3.05) is 13.1 Å². The molecule has 0 heterocycles. The van der Waals surface area contributed by atoms with Crippen LogP contribution in [0, 0.1) is 6.92 Å². The van der Waals surface area contributed by atoms with Gasteiger partial charge in [-0.05, 0) is 26.8 Å². The van der Waals surface area contributed by atoms with Gasteiger partial charge in [0.2, 0.25) is 0 Å². The lowest BCUT2D eigenvalue weighted by molar-refractivity contribution is -0.0504. The molecule has 0 unspecified atom stereocenters. The number of aliphatic imine (C=N–C) groups is 1. The Morgan fingerprint density at radius 1 is 1.33 bits per heavy atom. The molecule has 0 amide bonds. The highest BCUT2D eigenvalue weighted by atomic mass is 127. The molecule has 0 radical (unpaired) electrons. The van der Waals surface area contributed by atoms with Gasteiger partial charge in [-0.15, -0.1) is 24.0 Å². The number of halogens is 3. The van der Waals surface area contributed by atoms with Crippen LogP contribution in [0.25, 0.3) is 0 Å². The third-order valence-corrected chi connectivity index (χ3v) is 2.93. The molecule has 0 spiro atoms. The molecule has 0 saturated heterocycles. The zero-order valence-electron chi connectivity index (χ0n) is 12.5. The molecule has 0 aliphatic heterocycles. The maximum absolute atomic E-state index is 12.3. The summed E-state index contributed by atoms with van der Waals surface area (Å²) in [6, 6.07) is 5.02. The molecule has 21 heavy (non-hydrogen) atoms. The highest BCUT2D eigenvalue weighted by molar-refractivity contribution is 14.0. The Morgan fingerprint density at radius 3 is 2.48 bits per heavy atom. The first-order chi connectivity index (χ1) is 9.47. The largest absolute Gasteiger partial charge is 0.434 e. The van der Waals surface area contributed by atoms with Crippen molar-refractivity contribution in [2.45, 2.75) is 33.9 Å². The maximum Gasteiger partial charge on any atom is 0.387 e. The summed E-state index contributed by atoms with van der Waals surface area (Å²) in [4.78, 5) is 6.13. The lowest BCUT2D eigenvalue weighted by Gasteiger charge is -2.19. The van der Waals surface area contributed by atoms with Crippen molar-refractivity contribution in [3.8, 4) is 5.75 Å². The molecule has 0 saturated carbocycles. The fourth-order valence-corrected chi connectivity index (χ4v) is 1.86. The second-order valence-electron chi connectivity index (χ2n) is 4.34. The third kappa shape index (κ3) is 6.45. The molecular formula is C14H22F2IN3O. The molecule has 2 N–H and O–H groups in total. The van der Waals surface area contributed by atoms with Crippen LogP contribution >= 0.6 is 24.0 Å². The predicted molar refractivity (Wildman–Crippen MR) is 91.5 cm³/mol. The Morgan fingerprint density at radius 2 is 1.95 bits per heavy atom. The molecule has 0 aromatic heterocycles. The van der Waals surface area contributed by atoms with Crippen molar-refractivity contribution >= 4 is 29.9 Å². The summed E-state index contributed by atoms with van der Waals surface area (Å²) in [5.41, 5.74) is 7.42. The van der Waals surface area contributed by atoms with Crippen molar-refractivity contribution in [3.05, 3.63) is 29.3 Å². The van der Waals surface area contributed by atoms with Crippen LogP contribution in [0.15, 0.2) is 23.2 Å². The molecule has 4 nitrogen and oxygen atoms in total. The number of nitrogens with two attached hydrogens (primary N) is 1. The van der Waals surface area contributed by atoms with Crippen LogP contribution in [0.2, 0.25) is 0 Å². The number of guanidine groups is 1. The van der Waals surface area contributed by atoms with Gasteiger partial charge in [0.1, 0.15) is 5.75 Å². The van der Waals surface area contributed by atoms with Gasteiger partial charge in [0, 0.05) is 18.7 Å². The van der Waals surface area contributed by atoms with Gasteiger partial charge in [-0.2, -0.15) is 8.78 Å². The number of benzene rings is 1. The quantitative estimate of drug-likeness (QED) is 0.442.